The number of hydrogen-bond donors (Lipinski definition) is 3. The molecule has 2 rings (SSSR count). The summed E-state index contributed by atoms with van der Waals surface area (Å²) in [6.07, 6.45) is 0.969. The van der Waals surface area contributed by atoms with E-state index in [1.54, 1.807) is 0 Å². The molecule has 0 radical (unpaired) electrons. The number of rotatable bonds is 2. The fourth-order valence-corrected chi connectivity index (χ4v) is 2.08. The van der Waals surface area contributed by atoms with Gasteiger partial charge in [-0.25, -0.2) is 4.39 Å². The van der Waals surface area contributed by atoms with Crippen LogP contribution in [0.25, 0.3) is 0 Å². The summed E-state index contributed by atoms with van der Waals surface area (Å²) >= 11 is 0. The molecule has 21 heavy (non-hydrogen) atoms. The molecule has 110 valence electrons. The standard InChI is InChI=1S/C15H16FN3O2/c16-11-3-5-13(10(8-11)2-1-7-17)15(21)19-12-4-6-14(20)18-9-12/h3,5,8,12H,4,6-7,9,17H2,(H,18,20)(H,19,21). The van der Waals surface area contributed by atoms with Crippen LogP contribution in [0.15, 0.2) is 18.2 Å². The summed E-state index contributed by atoms with van der Waals surface area (Å²) in [7, 11) is 0. The second kappa shape index (κ2) is 6.86. The molecule has 1 fully saturated rings. The normalized spacial score (nSPS) is 17.4. The largest absolute Gasteiger partial charge is 0.354 e. The number of benzene rings is 1. The Bertz CT molecular complexity index is 609. The monoisotopic (exact) mass is 289 g/mol. The molecule has 2 amide bonds. The Kier molecular flexibility index (Phi) is 4.90. The van der Waals surface area contributed by atoms with Gasteiger partial charge in [-0.05, 0) is 24.6 Å². The zero-order chi connectivity index (χ0) is 15.2. The van der Waals surface area contributed by atoms with Crippen LogP contribution in [0.5, 0.6) is 0 Å². The van der Waals surface area contributed by atoms with Crippen molar-refractivity contribution in [3.05, 3.63) is 35.1 Å². The van der Waals surface area contributed by atoms with E-state index in [-0.39, 0.29) is 24.4 Å². The molecule has 0 aromatic heterocycles. The number of halogens is 1. The van der Waals surface area contributed by atoms with Crippen LogP contribution >= 0.6 is 0 Å². The highest BCUT2D eigenvalue weighted by Crippen LogP contribution is 2.12. The van der Waals surface area contributed by atoms with Crippen molar-refractivity contribution in [3.8, 4) is 11.8 Å². The van der Waals surface area contributed by atoms with Gasteiger partial charge in [0.2, 0.25) is 5.91 Å². The molecule has 1 saturated heterocycles. The summed E-state index contributed by atoms with van der Waals surface area (Å²) in [6.45, 7) is 0.530. The van der Waals surface area contributed by atoms with Crippen molar-refractivity contribution < 1.29 is 14.0 Å². The molecule has 0 bridgehead atoms. The van der Waals surface area contributed by atoms with Crippen LogP contribution in [0.4, 0.5) is 4.39 Å². The summed E-state index contributed by atoms with van der Waals surface area (Å²) < 4.78 is 13.3. The highest BCUT2D eigenvalue weighted by Gasteiger charge is 2.21. The first-order valence-corrected chi connectivity index (χ1v) is 6.66. The minimum Gasteiger partial charge on any atom is -0.354 e. The van der Waals surface area contributed by atoms with E-state index in [4.69, 9.17) is 5.73 Å². The van der Waals surface area contributed by atoms with Crippen molar-refractivity contribution in [2.75, 3.05) is 13.1 Å². The van der Waals surface area contributed by atoms with Gasteiger partial charge in [-0.3, -0.25) is 9.59 Å². The molecule has 1 aliphatic rings. The van der Waals surface area contributed by atoms with Crippen molar-refractivity contribution in [2.45, 2.75) is 18.9 Å². The second-order valence-corrected chi connectivity index (χ2v) is 4.71. The predicted octanol–water partition coefficient (Wildman–Crippen LogP) is 0.144. The Balaban J connectivity index is 2.13. The van der Waals surface area contributed by atoms with Crippen molar-refractivity contribution in [3.63, 3.8) is 0 Å². The van der Waals surface area contributed by atoms with Gasteiger partial charge in [-0.15, -0.1) is 0 Å². The second-order valence-electron chi connectivity index (χ2n) is 4.71. The highest BCUT2D eigenvalue weighted by molar-refractivity contribution is 5.97. The first-order valence-electron chi connectivity index (χ1n) is 6.66. The van der Waals surface area contributed by atoms with E-state index in [0.717, 1.165) is 0 Å². The number of hydrogen-bond acceptors (Lipinski definition) is 3. The first kappa shape index (κ1) is 15.0. The van der Waals surface area contributed by atoms with Crippen molar-refractivity contribution in [1.29, 1.82) is 0 Å². The van der Waals surface area contributed by atoms with E-state index in [1.165, 1.54) is 18.2 Å². The molecule has 5 nitrogen and oxygen atoms in total. The van der Waals surface area contributed by atoms with Crippen LogP contribution in [0.3, 0.4) is 0 Å². The molecule has 1 aliphatic heterocycles. The number of nitrogens with two attached hydrogens (primary N) is 1. The van der Waals surface area contributed by atoms with E-state index < -0.39 is 5.82 Å². The maximum absolute atomic E-state index is 13.3. The summed E-state index contributed by atoms with van der Waals surface area (Å²) in [6, 6.07) is 3.69. The van der Waals surface area contributed by atoms with Crippen molar-refractivity contribution in [1.82, 2.24) is 10.6 Å². The van der Waals surface area contributed by atoms with Crippen LogP contribution in [-0.2, 0) is 4.79 Å². The van der Waals surface area contributed by atoms with Crippen LogP contribution < -0.4 is 16.4 Å². The zero-order valence-corrected chi connectivity index (χ0v) is 11.4. The lowest BCUT2D eigenvalue weighted by molar-refractivity contribution is -0.122. The maximum Gasteiger partial charge on any atom is 0.252 e. The van der Waals surface area contributed by atoms with Crippen LogP contribution in [-0.4, -0.2) is 30.9 Å². The highest BCUT2D eigenvalue weighted by atomic mass is 19.1. The van der Waals surface area contributed by atoms with Gasteiger partial charge < -0.3 is 16.4 Å². The van der Waals surface area contributed by atoms with Crippen LogP contribution in [0, 0.1) is 17.7 Å². The van der Waals surface area contributed by atoms with Gasteiger partial charge in [-0.2, -0.15) is 0 Å². The van der Waals surface area contributed by atoms with Gasteiger partial charge >= 0.3 is 0 Å². The number of piperidine rings is 1. The van der Waals surface area contributed by atoms with Crippen molar-refractivity contribution >= 4 is 11.8 Å². The number of amides is 2. The fourth-order valence-electron chi connectivity index (χ4n) is 2.08. The van der Waals surface area contributed by atoms with Gasteiger partial charge in [0, 0.05) is 24.6 Å². The van der Waals surface area contributed by atoms with E-state index in [2.05, 4.69) is 22.5 Å². The average molecular weight is 289 g/mol. The molecule has 0 saturated carbocycles. The smallest absolute Gasteiger partial charge is 0.252 e. The number of carbonyl (C=O) groups is 2. The van der Waals surface area contributed by atoms with E-state index in [9.17, 15) is 14.0 Å². The third kappa shape index (κ3) is 4.04. The average Bonchev–Trinajstić information content (AvgIpc) is 2.47. The molecule has 0 aliphatic carbocycles. The minimum absolute atomic E-state index is 0.0169. The lowest BCUT2D eigenvalue weighted by Crippen LogP contribution is -2.47. The van der Waals surface area contributed by atoms with Crippen molar-refractivity contribution in [2.24, 2.45) is 5.73 Å². The predicted molar refractivity (Wildman–Crippen MR) is 75.8 cm³/mol. The molecular formula is C15H16FN3O2. The molecule has 1 unspecified atom stereocenters. The van der Waals surface area contributed by atoms with Gasteiger partial charge in [0.15, 0.2) is 0 Å². The Morgan fingerprint density at radius 3 is 3.00 bits per heavy atom. The Morgan fingerprint density at radius 1 is 1.52 bits per heavy atom. The number of carbonyl (C=O) groups excluding carboxylic acids is 2. The maximum atomic E-state index is 13.3. The van der Waals surface area contributed by atoms with Gasteiger partial charge in [0.05, 0.1) is 12.1 Å². The van der Waals surface area contributed by atoms with Gasteiger partial charge in [0.25, 0.3) is 5.91 Å². The first-order chi connectivity index (χ1) is 10.1. The molecule has 1 aromatic rings. The van der Waals surface area contributed by atoms with Crippen LogP contribution in [0.2, 0.25) is 0 Å². The fraction of sp³-hybridized carbons (Fsp3) is 0.333. The summed E-state index contributed by atoms with van der Waals surface area (Å²) in [5, 5.41) is 5.51. The molecule has 4 N–H and O–H groups in total. The molecule has 0 spiro atoms. The summed E-state index contributed by atoms with van der Waals surface area (Å²) in [4.78, 5) is 23.3. The lowest BCUT2D eigenvalue weighted by atomic mass is 10.0. The molecule has 1 atom stereocenters. The Morgan fingerprint density at radius 2 is 2.33 bits per heavy atom. The summed E-state index contributed by atoms with van der Waals surface area (Å²) in [5.41, 5.74) is 5.90. The quantitative estimate of drug-likeness (QED) is 0.677. The minimum atomic E-state index is -0.460. The zero-order valence-electron chi connectivity index (χ0n) is 11.4. The topological polar surface area (TPSA) is 84.2 Å². The van der Waals surface area contributed by atoms with Crippen LogP contribution in [0.1, 0.15) is 28.8 Å². The Hall–Kier alpha value is -2.39. The third-order valence-corrected chi connectivity index (χ3v) is 3.15. The molecule has 6 heteroatoms. The lowest BCUT2D eigenvalue weighted by Gasteiger charge is -2.23. The SMILES string of the molecule is NCC#Cc1cc(F)ccc1C(=O)NC1CCC(=O)NC1. The molecular weight excluding hydrogens is 273 g/mol. The number of nitrogens with one attached hydrogen (secondary N) is 2. The Labute approximate surface area is 122 Å². The van der Waals surface area contributed by atoms with E-state index in [1.807, 2.05) is 0 Å². The van der Waals surface area contributed by atoms with E-state index in [0.29, 0.717) is 30.5 Å². The molecule has 1 aromatic carbocycles. The third-order valence-electron chi connectivity index (χ3n) is 3.15. The molecule has 1 heterocycles. The van der Waals surface area contributed by atoms with Gasteiger partial charge in [-0.1, -0.05) is 11.8 Å². The van der Waals surface area contributed by atoms with Gasteiger partial charge in [0.1, 0.15) is 5.82 Å². The van der Waals surface area contributed by atoms with E-state index >= 15 is 0 Å². The summed E-state index contributed by atoms with van der Waals surface area (Å²) in [5.74, 6) is 4.49.